The Morgan fingerprint density at radius 1 is 1.55 bits per heavy atom. The summed E-state index contributed by atoms with van der Waals surface area (Å²) in [5.74, 6) is -0.0893. The lowest BCUT2D eigenvalue weighted by atomic mass is 9.85. The molecule has 2 unspecified atom stereocenters. The number of imidazole rings is 1. The molecular weight excluding hydrogens is 278 g/mol. The Labute approximate surface area is 130 Å². The lowest BCUT2D eigenvalue weighted by Crippen LogP contribution is -2.44. The predicted molar refractivity (Wildman–Crippen MR) is 83.9 cm³/mol. The van der Waals surface area contributed by atoms with Crippen molar-refractivity contribution in [3.63, 3.8) is 0 Å². The average molecular weight is 299 g/mol. The molecule has 1 aliphatic carbocycles. The summed E-state index contributed by atoms with van der Waals surface area (Å²) in [6, 6.07) is 7.49. The van der Waals surface area contributed by atoms with Crippen molar-refractivity contribution in [2.24, 2.45) is 5.41 Å². The van der Waals surface area contributed by atoms with E-state index in [1.54, 1.807) is 18.6 Å². The number of amides is 1. The van der Waals surface area contributed by atoms with Gasteiger partial charge in [-0.25, -0.2) is 4.98 Å². The van der Waals surface area contributed by atoms with Crippen LogP contribution >= 0.6 is 0 Å². The van der Waals surface area contributed by atoms with E-state index in [1.807, 2.05) is 35.9 Å². The van der Waals surface area contributed by atoms with E-state index in [2.05, 4.69) is 10.3 Å². The molecule has 1 aromatic carbocycles. The zero-order valence-corrected chi connectivity index (χ0v) is 12.7. The molecular formula is C17H21N3O2. The van der Waals surface area contributed by atoms with Crippen molar-refractivity contribution in [1.82, 2.24) is 14.9 Å². The van der Waals surface area contributed by atoms with Crippen LogP contribution in [0, 0.1) is 5.41 Å². The summed E-state index contributed by atoms with van der Waals surface area (Å²) < 4.78 is 1.87. The van der Waals surface area contributed by atoms with E-state index < -0.39 is 0 Å². The molecule has 1 amide bonds. The van der Waals surface area contributed by atoms with Gasteiger partial charge in [0.2, 0.25) is 0 Å². The molecule has 5 nitrogen and oxygen atoms in total. The number of carbonyl (C=O) groups excluding carboxylic acids is 1. The molecule has 0 radical (unpaired) electrons. The van der Waals surface area contributed by atoms with Crippen LogP contribution in [0.3, 0.4) is 0 Å². The summed E-state index contributed by atoms with van der Waals surface area (Å²) in [5.41, 5.74) is 1.32. The SMILES string of the molecule is CC1(CO)CCCC1NC(=O)c1cccc(-n2ccnc2)c1. The highest BCUT2D eigenvalue weighted by atomic mass is 16.3. The quantitative estimate of drug-likeness (QED) is 0.909. The number of aliphatic hydroxyl groups is 1. The van der Waals surface area contributed by atoms with Crippen LogP contribution in [-0.4, -0.2) is 33.2 Å². The fourth-order valence-corrected chi connectivity index (χ4v) is 3.13. The summed E-state index contributed by atoms with van der Waals surface area (Å²) in [6.45, 7) is 2.14. The molecule has 2 aromatic rings. The highest BCUT2D eigenvalue weighted by Gasteiger charge is 2.39. The Balaban J connectivity index is 1.77. The zero-order chi connectivity index (χ0) is 15.6. The summed E-state index contributed by atoms with van der Waals surface area (Å²) in [6.07, 6.45) is 8.16. The summed E-state index contributed by atoms with van der Waals surface area (Å²) >= 11 is 0. The second kappa shape index (κ2) is 5.93. The molecule has 0 aliphatic heterocycles. The Hall–Kier alpha value is -2.14. The molecule has 22 heavy (non-hydrogen) atoms. The van der Waals surface area contributed by atoms with E-state index in [0.29, 0.717) is 5.56 Å². The molecule has 3 rings (SSSR count). The van der Waals surface area contributed by atoms with Crippen LogP contribution in [0.1, 0.15) is 36.5 Å². The first-order valence-electron chi connectivity index (χ1n) is 7.62. The Bertz CT molecular complexity index is 654. The lowest BCUT2D eigenvalue weighted by molar-refractivity contribution is 0.0830. The third-order valence-corrected chi connectivity index (χ3v) is 4.66. The maximum atomic E-state index is 12.5. The Morgan fingerprint density at radius 2 is 2.41 bits per heavy atom. The van der Waals surface area contributed by atoms with Gasteiger partial charge in [0, 0.05) is 35.1 Å². The lowest BCUT2D eigenvalue weighted by Gasteiger charge is -2.30. The van der Waals surface area contributed by atoms with Crippen molar-refractivity contribution in [3.05, 3.63) is 48.5 Å². The third-order valence-electron chi connectivity index (χ3n) is 4.66. The van der Waals surface area contributed by atoms with Crippen LogP contribution in [0.5, 0.6) is 0 Å². The van der Waals surface area contributed by atoms with Crippen LogP contribution in [0.4, 0.5) is 0 Å². The van der Waals surface area contributed by atoms with Gasteiger partial charge in [-0.05, 0) is 31.0 Å². The van der Waals surface area contributed by atoms with Crippen molar-refractivity contribution in [1.29, 1.82) is 0 Å². The van der Waals surface area contributed by atoms with Crippen molar-refractivity contribution < 1.29 is 9.90 Å². The fraction of sp³-hybridized carbons (Fsp3) is 0.412. The second-order valence-electron chi connectivity index (χ2n) is 6.25. The van der Waals surface area contributed by atoms with Gasteiger partial charge in [0.1, 0.15) is 0 Å². The van der Waals surface area contributed by atoms with Gasteiger partial charge in [-0.15, -0.1) is 0 Å². The first kappa shape index (κ1) is 14.8. The van der Waals surface area contributed by atoms with E-state index in [1.165, 1.54) is 0 Å². The maximum Gasteiger partial charge on any atom is 0.251 e. The van der Waals surface area contributed by atoms with Gasteiger partial charge < -0.3 is 15.0 Å². The minimum Gasteiger partial charge on any atom is -0.396 e. The number of nitrogens with one attached hydrogen (secondary N) is 1. The van der Waals surface area contributed by atoms with E-state index in [0.717, 1.165) is 24.9 Å². The molecule has 5 heteroatoms. The summed E-state index contributed by atoms with van der Waals surface area (Å²) in [4.78, 5) is 16.5. The molecule has 0 bridgehead atoms. The van der Waals surface area contributed by atoms with Gasteiger partial charge in [-0.2, -0.15) is 0 Å². The van der Waals surface area contributed by atoms with E-state index in [4.69, 9.17) is 0 Å². The largest absolute Gasteiger partial charge is 0.396 e. The molecule has 1 aromatic heterocycles. The van der Waals surface area contributed by atoms with Gasteiger partial charge in [0.05, 0.1) is 12.9 Å². The molecule has 0 saturated heterocycles. The van der Waals surface area contributed by atoms with Crippen molar-refractivity contribution >= 4 is 5.91 Å². The highest BCUT2D eigenvalue weighted by molar-refractivity contribution is 5.95. The smallest absolute Gasteiger partial charge is 0.251 e. The topological polar surface area (TPSA) is 67.2 Å². The summed E-state index contributed by atoms with van der Waals surface area (Å²) in [5, 5.41) is 12.7. The monoisotopic (exact) mass is 299 g/mol. The highest BCUT2D eigenvalue weighted by Crippen LogP contribution is 2.37. The van der Waals surface area contributed by atoms with Gasteiger partial charge >= 0.3 is 0 Å². The number of hydrogen-bond donors (Lipinski definition) is 2. The van der Waals surface area contributed by atoms with E-state index in [-0.39, 0.29) is 24.0 Å². The number of hydrogen-bond acceptors (Lipinski definition) is 3. The molecule has 1 heterocycles. The first-order valence-corrected chi connectivity index (χ1v) is 7.62. The van der Waals surface area contributed by atoms with E-state index in [9.17, 15) is 9.90 Å². The Morgan fingerprint density at radius 3 is 3.14 bits per heavy atom. The molecule has 1 fully saturated rings. The van der Waals surface area contributed by atoms with E-state index >= 15 is 0 Å². The molecule has 1 saturated carbocycles. The third kappa shape index (κ3) is 2.76. The van der Waals surface area contributed by atoms with Crippen molar-refractivity contribution in [2.75, 3.05) is 6.61 Å². The predicted octanol–water partition coefficient (Wildman–Crippen LogP) is 2.15. The standard InChI is InChI=1S/C17H21N3O2/c1-17(11-21)7-3-6-15(17)19-16(22)13-4-2-5-14(10-13)20-9-8-18-12-20/h2,4-5,8-10,12,15,21H,3,6-7,11H2,1H3,(H,19,22). The number of nitrogens with zero attached hydrogens (tertiary/aromatic N) is 2. The average Bonchev–Trinajstić information content (AvgIpc) is 3.19. The molecule has 1 aliphatic rings. The normalized spacial score (nSPS) is 24.4. The maximum absolute atomic E-state index is 12.5. The van der Waals surface area contributed by atoms with Gasteiger partial charge in [-0.1, -0.05) is 19.4 Å². The van der Waals surface area contributed by atoms with Crippen LogP contribution < -0.4 is 5.32 Å². The number of benzene rings is 1. The zero-order valence-electron chi connectivity index (χ0n) is 12.7. The van der Waals surface area contributed by atoms with Crippen molar-refractivity contribution in [3.8, 4) is 5.69 Å². The minimum absolute atomic E-state index is 0.0295. The molecule has 2 atom stereocenters. The van der Waals surface area contributed by atoms with Crippen LogP contribution in [0.15, 0.2) is 43.0 Å². The minimum atomic E-state index is -0.211. The fourth-order valence-electron chi connectivity index (χ4n) is 3.13. The number of carbonyl (C=O) groups is 1. The second-order valence-corrected chi connectivity index (χ2v) is 6.25. The number of aliphatic hydroxyl groups excluding tert-OH is 1. The van der Waals surface area contributed by atoms with Gasteiger partial charge in [0.25, 0.3) is 5.91 Å². The van der Waals surface area contributed by atoms with Gasteiger partial charge in [-0.3, -0.25) is 4.79 Å². The number of rotatable bonds is 4. The van der Waals surface area contributed by atoms with Crippen LogP contribution in [0.25, 0.3) is 5.69 Å². The van der Waals surface area contributed by atoms with Crippen molar-refractivity contribution in [2.45, 2.75) is 32.2 Å². The first-order chi connectivity index (χ1) is 10.6. The summed E-state index contributed by atoms with van der Waals surface area (Å²) in [7, 11) is 0. The van der Waals surface area contributed by atoms with Crippen LogP contribution in [-0.2, 0) is 0 Å². The van der Waals surface area contributed by atoms with Gasteiger partial charge in [0.15, 0.2) is 0 Å². The van der Waals surface area contributed by atoms with Crippen LogP contribution in [0.2, 0.25) is 0 Å². The molecule has 116 valence electrons. The molecule has 2 N–H and O–H groups in total. The number of aromatic nitrogens is 2. The Kier molecular flexibility index (Phi) is 3.98. The molecule has 0 spiro atoms.